The molecular formula is C18H16O5. The highest BCUT2D eigenvalue weighted by Gasteiger charge is 2.17. The molecule has 0 bridgehead atoms. The number of benzene rings is 2. The van der Waals surface area contributed by atoms with E-state index >= 15 is 0 Å². The van der Waals surface area contributed by atoms with Crippen molar-refractivity contribution in [2.75, 3.05) is 13.4 Å². The first kappa shape index (κ1) is 15.1. The van der Waals surface area contributed by atoms with Gasteiger partial charge in [0.25, 0.3) is 0 Å². The van der Waals surface area contributed by atoms with Crippen molar-refractivity contribution in [3.05, 3.63) is 59.7 Å². The Morgan fingerprint density at radius 3 is 2.57 bits per heavy atom. The summed E-state index contributed by atoms with van der Waals surface area (Å²) in [5.74, 6) is 0.772. The smallest absolute Gasteiger partial charge is 0.338 e. The number of carbonyl (C=O) groups is 2. The van der Waals surface area contributed by atoms with Gasteiger partial charge in [-0.05, 0) is 24.6 Å². The summed E-state index contributed by atoms with van der Waals surface area (Å²) in [5.41, 5.74) is 1.08. The third-order valence-corrected chi connectivity index (χ3v) is 3.49. The van der Waals surface area contributed by atoms with E-state index in [4.69, 9.17) is 14.2 Å². The Bertz CT molecular complexity index is 709. The standard InChI is InChI=1S/C18H16O5/c19-15(13-5-2-1-3-6-13)7-4-10-21-18(20)14-8-9-16-17(11-14)23-12-22-16/h1-3,5-6,8-9,11H,4,7,10,12H2. The molecule has 1 aliphatic heterocycles. The molecule has 0 aromatic heterocycles. The Hall–Kier alpha value is -2.82. The van der Waals surface area contributed by atoms with Gasteiger partial charge in [-0.1, -0.05) is 30.3 Å². The van der Waals surface area contributed by atoms with E-state index in [0.29, 0.717) is 35.5 Å². The van der Waals surface area contributed by atoms with Crippen molar-refractivity contribution >= 4 is 11.8 Å². The number of ketones is 1. The molecule has 0 saturated heterocycles. The van der Waals surface area contributed by atoms with Crippen LogP contribution in [0.1, 0.15) is 33.6 Å². The third-order valence-electron chi connectivity index (χ3n) is 3.49. The van der Waals surface area contributed by atoms with E-state index in [1.54, 1.807) is 30.3 Å². The molecule has 0 spiro atoms. The quantitative estimate of drug-likeness (QED) is 0.465. The lowest BCUT2D eigenvalue weighted by atomic mass is 10.1. The molecule has 118 valence electrons. The van der Waals surface area contributed by atoms with Crippen LogP contribution >= 0.6 is 0 Å². The lowest BCUT2D eigenvalue weighted by molar-refractivity contribution is 0.0494. The topological polar surface area (TPSA) is 61.8 Å². The van der Waals surface area contributed by atoms with Crippen LogP contribution in [0.2, 0.25) is 0 Å². The number of hydrogen-bond donors (Lipinski definition) is 0. The number of Topliss-reactive ketones (excluding diaryl/α,β-unsaturated/α-hetero) is 1. The van der Waals surface area contributed by atoms with Gasteiger partial charge in [0.05, 0.1) is 12.2 Å². The van der Waals surface area contributed by atoms with Crippen LogP contribution in [-0.4, -0.2) is 25.2 Å². The molecule has 0 atom stereocenters. The van der Waals surface area contributed by atoms with Gasteiger partial charge in [0.15, 0.2) is 17.3 Å². The maximum Gasteiger partial charge on any atom is 0.338 e. The molecule has 1 heterocycles. The summed E-state index contributed by atoms with van der Waals surface area (Å²) in [6.07, 6.45) is 0.836. The van der Waals surface area contributed by atoms with Crippen LogP contribution in [0.3, 0.4) is 0 Å². The Morgan fingerprint density at radius 2 is 1.74 bits per heavy atom. The molecule has 0 radical (unpaired) electrons. The van der Waals surface area contributed by atoms with Crippen LogP contribution in [0.15, 0.2) is 48.5 Å². The van der Waals surface area contributed by atoms with Gasteiger partial charge >= 0.3 is 5.97 Å². The van der Waals surface area contributed by atoms with Gasteiger partial charge in [-0.25, -0.2) is 4.79 Å². The second kappa shape index (κ2) is 6.96. The zero-order chi connectivity index (χ0) is 16.1. The van der Waals surface area contributed by atoms with Crippen LogP contribution in [0.25, 0.3) is 0 Å². The summed E-state index contributed by atoms with van der Waals surface area (Å²) < 4.78 is 15.6. The average Bonchev–Trinajstić information content (AvgIpc) is 3.06. The second-order valence-corrected chi connectivity index (χ2v) is 5.10. The normalized spacial score (nSPS) is 12.0. The van der Waals surface area contributed by atoms with Gasteiger partial charge in [-0.2, -0.15) is 0 Å². The van der Waals surface area contributed by atoms with E-state index in [-0.39, 0.29) is 19.2 Å². The molecule has 0 N–H and O–H groups in total. The number of esters is 1. The lowest BCUT2D eigenvalue weighted by Crippen LogP contribution is -2.08. The highest BCUT2D eigenvalue weighted by Crippen LogP contribution is 2.32. The van der Waals surface area contributed by atoms with Gasteiger partial charge in [-0.3, -0.25) is 4.79 Å². The highest BCUT2D eigenvalue weighted by molar-refractivity contribution is 5.96. The largest absolute Gasteiger partial charge is 0.462 e. The van der Waals surface area contributed by atoms with Crippen LogP contribution in [0.5, 0.6) is 11.5 Å². The third kappa shape index (κ3) is 3.69. The van der Waals surface area contributed by atoms with Gasteiger partial charge in [0.2, 0.25) is 6.79 Å². The molecule has 5 nitrogen and oxygen atoms in total. The average molecular weight is 312 g/mol. The molecule has 0 fully saturated rings. The van der Waals surface area contributed by atoms with Crippen molar-refractivity contribution < 1.29 is 23.8 Å². The molecule has 1 aliphatic rings. The number of carbonyl (C=O) groups excluding carboxylic acids is 2. The van der Waals surface area contributed by atoms with Gasteiger partial charge in [0.1, 0.15) is 0 Å². The summed E-state index contributed by atoms with van der Waals surface area (Å²) in [6.45, 7) is 0.362. The summed E-state index contributed by atoms with van der Waals surface area (Å²) in [6, 6.07) is 14.0. The molecule has 5 heteroatoms. The fraction of sp³-hybridized carbons (Fsp3) is 0.222. The Labute approximate surface area is 133 Å². The molecular weight excluding hydrogens is 296 g/mol. The van der Waals surface area contributed by atoms with E-state index in [1.165, 1.54) is 0 Å². The van der Waals surface area contributed by atoms with Gasteiger partial charge in [0, 0.05) is 12.0 Å². The molecule has 23 heavy (non-hydrogen) atoms. The molecule has 3 rings (SSSR count). The van der Waals surface area contributed by atoms with E-state index < -0.39 is 5.97 Å². The second-order valence-electron chi connectivity index (χ2n) is 5.10. The lowest BCUT2D eigenvalue weighted by Gasteiger charge is -2.05. The maximum atomic E-state index is 12.0. The van der Waals surface area contributed by atoms with E-state index in [0.717, 1.165) is 0 Å². The predicted molar refractivity (Wildman–Crippen MR) is 82.9 cm³/mol. The first-order valence-corrected chi connectivity index (χ1v) is 7.39. The molecule has 0 saturated carbocycles. The number of rotatable bonds is 6. The zero-order valence-corrected chi connectivity index (χ0v) is 12.5. The van der Waals surface area contributed by atoms with Crippen LogP contribution in [0, 0.1) is 0 Å². The summed E-state index contributed by atoms with van der Waals surface area (Å²) in [7, 11) is 0. The van der Waals surface area contributed by atoms with E-state index in [2.05, 4.69) is 0 Å². The molecule has 2 aromatic carbocycles. The Balaban J connectivity index is 1.45. The van der Waals surface area contributed by atoms with Gasteiger partial charge in [-0.15, -0.1) is 0 Å². The van der Waals surface area contributed by atoms with E-state index in [1.807, 2.05) is 18.2 Å². The fourth-order valence-corrected chi connectivity index (χ4v) is 2.27. The highest BCUT2D eigenvalue weighted by atomic mass is 16.7. The first-order chi connectivity index (χ1) is 11.2. The molecule has 0 unspecified atom stereocenters. The van der Waals surface area contributed by atoms with Crippen molar-refractivity contribution in [1.82, 2.24) is 0 Å². The molecule has 0 aliphatic carbocycles. The monoisotopic (exact) mass is 312 g/mol. The minimum Gasteiger partial charge on any atom is -0.462 e. The summed E-state index contributed by atoms with van der Waals surface area (Å²) in [5, 5.41) is 0. The van der Waals surface area contributed by atoms with Crippen molar-refractivity contribution in [2.24, 2.45) is 0 Å². The number of fused-ring (bicyclic) bond motifs is 1. The number of ether oxygens (including phenoxy) is 3. The van der Waals surface area contributed by atoms with Crippen molar-refractivity contribution in [3.63, 3.8) is 0 Å². The maximum absolute atomic E-state index is 12.0. The SMILES string of the molecule is O=C(CCCOC(=O)c1ccc2c(c1)OCO2)c1ccccc1. The number of hydrogen-bond acceptors (Lipinski definition) is 5. The van der Waals surface area contributed by atoms with Crippen molar-refractivity contribution in [3.8, 4) is 11.5 Å². The summed E-state index contributed by atoms with van der Waals surface area (Å²) in [4.78, 5) is 23.9. The minimum atomic E-state index is -0.435. The predicted octanol–water partition coefficient (Wildman–Crippen LogP) is 3.24. The molecule has 0 amide bonds. The fourth-order valence-electron chi connectivity index (χ4n) is 2.27. The molecule has 2 aromatic rings. The van der Waals surface area contributed by atoms with Crippen molar-refractivity contribution in [2.45, 2.75) is 12.8 Å². The van der Waals surface area contributed by atoms with Crippen molar-refractivity contribution in [1.29, 1.82) is 0 Å². The Morgan fingerprint density at radius 1 is 0.957 bits per heavy atom. The summed E-state index contributed by atoms with van der Waals surface area (Å²) >= 11 is 0. The van der Waals surface area contributed by atoms with Crippen LogP contribution in [-0.2, 0) is 4.74 Å². The van der Waals surface area contributed by atoms with Gasteiger partial charge < -0.3 is 14.2 Å². The van der Waals surface area contributed by atoms with E-state index in [9.17, 15) is 9.59 Å². The Kier molecular flexibility index (Phi) is 4.57. The minimum absolute atomic E-state index is 0.0460. The van der Waals surface area contributed by atoms with Crippen LogP contribution in [0.4, 0.5) is 0 Å². The first-order valence-electron chi connectivity index (χ1n) is 7.39. The van der Waals surface area contributed by atoms with Crippen LogP contribution < -0.4 is 9.47 Å². The zero-order valence-electron chi connectivity index (χ0n) is 12.5.